The van der Waals surface area contributed by atoms with Crippen LogP contribution in [0.5, 0.6) is 0 Å². The van der Waals surface area contributed by atoms with Gasteiger partial charge in [-0.2, -0.15) is 0 Å². The Morgan fingerprint density at radius 2 is 1.33 bits per heavy atom. The average molecular weight is 603 g/mol. The van der Waals surface area contributed by atoms with E-state index in [1.807, 2.05) is 49.6 Å². The van der Waals surface area contributed by atoms with Gasteiger partial charge in [-0.05, 0) is 91.6 Å². The zero-order valence-electron chi connectivity index (χ0n) is 26.1. The maximum absolute atomic E-state index is 4.60. The Hall–Kier alpha value is -4.48. The van der Waals surface area contributed by atoms with Gasteiger partial charge in [-0.25, -0.2) is 0 Å². The van der Waals surface area contributed by atoms with E-state index >= 15 is 0 Å². The van der Waals surface area contributed by atoms with Crippen molar-refractivity contribution < 1.29 is 0 Å². The summed E-state index contributed by atoms with van der Waals surface area (Å²) in [7, 11) is 0. The Kier molecular flexibility index (Phi) is 24.6. The van der Waals surface area contributed by atoms with Crippen molar-refractivity contribution in [3.8, 4) is 12.3 Å². The van der Waals surface area contributed by atoms with E-state index in [-0.39, 0.29) is 22.3 Å². The van der Waals surface area contributed by atoms with Crippen molar-refractivity contribution in [2.45, 2.75) is 89.0 Å². The highest BCUT2D eigenvalue weighted by atomic mass is 14.6. The van der Waals surface area contributed by atoms with E-state index in [1.165, 1.54) is 58.9 Å². The Bertz CT molecular complexity index is 1500. The highest BCUT2D eigenvalue weighted by molar-refractivity contribution is 5.78. The highest BCUT2D eigenvalue weighted by Gasteiger charge is 2.11. The first-order valence-corrected chi connectivity index (χ1v) is 14.9. The van der Waals surface area contributed by atoms with E-state index in [0.717, 1.165) is 11.9 Å². The lowest BCUT2D eigenvalue weighted by atomic mass is 10.0. The van der Waals surface area contributed by atoms with Crippen LogP contribution in [0.2, 0.25) is 0 Å². The van der Waals surface area contributed by atoms with Crippen molar-refractivity contribution in [1.82, 2.24) is 9.97 Å². The number of hydrogen-bond donors (Lipinski definition) is 0. The van der Waals surface area contributed by atoms with Crippen LogP contribution in [0.1, 0.15) is 90.1 Å². The Balaban J connectivity index is 0. The molecule has 0 spiro atoms. The van der Waals surface area contributed by atoms with Gasteiger partial charge < -0.3 is 0 Å². The molecule has 0 radical (unpaired) electrons. The molecule has 2 heterocycles. The number of fused-ring (bicyclic) bond motifs is 2. The third-order valence-corrected chi connectivity index (χ3v) is 6.37. The van der Waals surface area contributed by atoms with Crippen LogP contribution in [0.15, 0.2) is 122 Å². The van der Waals surface area contributed by atoms with Gasteiger partial charge in [0, 0.05) is 24.0 Å². The molecule has 0 bridgehead atoms. The Morgan fingerprint density at radius 3 is 1.93 bits per heavy atom. The standard InChI is InChI=1S/C12H14.C10H9N.C9H12.C6H7N.C3H4.3CH4/c1-2-5-10-8-9-11-6-3-4-7-12(10)11;1-8-6-9-4-2-3-5-10(9)11-7-8;1-2-6-9-7-4-3-5-8-9;1-6-3-2-4-7-5-6;1-3-2;;;/h3-4,6-8H,2,5,9H2,1H3;2-7H,1H3;3-5,7-8H,2,6H2,1H3;2-5H,1H3;1H,2H3;3*1H4. The molecule has 0 aliphatic heterocycles. The minimum Gasteiger partial charge on any atom is -0.264 e. The maximum Gasteiger partial charge on any atom is 0.0702 e. The number of aryl methyl sites for hydroxylation is 3. The van der Waals surface area contributed by atoms with Crippen molar-refractivity contribution in [1.29, 1.82) is 0 Å². The molecule has 0 amide bonds. The molecule has 2 heteroatoms. The van der Waals surface area contributed by atoms with Gasteiger partial charge in [0.25, 0.3) is 0 Å². The summed E-state index contributed by atoms with van der Waals surface area (Å²) in [6.45, 7) is 10.2. The normalized spacial score (nSPS) is 9.73. The number of pyridine rings is 2. The van der Waals surface area contributed by atoms with Gasteiger partial charge in [0.05, 0.1) is 5.52 Å². The van der Waals surface area contributed by atoms with Gasteiger partial charge in [-0.15, -0.1) is 12.3 Å². The predicted molar refractivity (Wildman–Crippen MR) is 204 cm³/mol. The molecule has 1 aliphatic rings. The number of terminal acetylenes is 1. The minimum atomic E-state index is 0. The van der Waals surface area contributed by atoms with Gasteiger partial charge in [0.1, 0.15) is 0 Å². The largest absolute Gasteiger partial charge is 0.264 e. The first-order chi connectivity index (χ1) is 20.5. The van der Waals surface area contributed by atoms with Crippen LogP contribution in [0.3, 0.4) is 0 Å². The molecule has 0 N–H and O–H groups in total. The lowest BCUT2D eigenvalue weighted by molar-refractivity contribution is 0.922. The number of rotatable bonds is 4. The van der Waals surface area contributed by atoms with Crippen LogP contribution in [0.25, 0.3) is 16.5 Å². The summed E-state index contributed by atoms with van der Waals surface area (Å²) in [6, 6.07) is 33.5. The molecule has 1 aliphatic carbocycles. The van der Waals surface area contributed by atoms with E-state index in [9.17, 15) is 0 Å². The molecule has 240 valence electrons. The second-order valence-electron chi connectivity index (χ2n) is 10.1. The van der Waals surface area contributed by atoms with Gasteiger partial charge in [0.2, 0.25) is 0 Å². The average Bonchev–Trinajstić information content (AvgIpc) is 3.43. The Labute approximate surface area is 276 Å². The molecule has 6 rings (SSSR count). The summed E-state index contributed by atoms with van der Waals surface area (Å²) < 4.78 is 0. The molecule has 3 aromatic carbocycles. The molecule has 5 aromatic rings. The number of nitrogens with zero attached hydrogens (tertiary/aromatic N) is 2. The number of benzene rings is 3. The molecular weight excluding hydrogens is 544 g/mol. The van der Waals surface area contributed by atoms with Crippen molar-refractivity contribution >= 4 is 16.5 Å². The van der Waals surface area contributed by atoms with E-state index in [0.29, 0.717) is 0 Å². The summed E-state index contributed by atoms with van der Waals surface area (Å²) in [5, 5.41) is 1.22. The molecule has 0 fully saturated rings. The second-order valence-corrected chi connectivity index (χ2v) is 10.1. The lowest BCUT2D eigenvalue weighted by Gasteiger charge is -2.02. The molecule has 2 nitrogen and oxygen atoms in total. The number of aromatic nitrogens is 2. The summed E-state index contributed by atoms with van der Waals surface area (Å²) in [4.78, 5) is 8.16. The summed E-state index contributed by atoms with van der Waals surface area (Å²) in [6.07, 6.45) is 18.5. The smallest absolute Gasteiger partial charge is 0.0702 e. The number of para-hydroxylation sites is 1. The van der Waals surface area contributed by atoms with Crippen LogP contribution in [-0.2, 0) is 12.8 Å². The molecule has 0 saturated heterocycles. The van der Waals surface area contributed by atoms with E-state index in [4.69, 9.17) is 0 Å². The molecular formula is C43H58N2. The molecule has 0 atom stereocenters. The predicted octanol–water partition coefficient (Wildman–Crippen LogP) is 12.5. The van der Waals surface area contributed by atoms with Gasteiger partial charge in [0.15, 0.2) is 0 Å². The fraction of sp³-hybridized carbons (Fsp3) is 0.302. The maximum atomic E-state index is 4.60. The third-order valence-electron chi connectivity index (χ3n) is 6.37. The van der Waals surface area contributed by atoms with Crippen molar-refractivity contribution in [3.63, 3.8) is 0 Å². The zero-order chi connectivity index (χ0) is 30.4. The zero-order valence-corrected chi connectivity index (χ0v) is 26.1. The fourth-order valence-corrected chi connectivity index (χ4v) is 4.42. The summed E-state index contributed by atoms with van der Waals surface area (Å²) in [5.74, 6) is 2.25. The molecule has 0 unspecified atom stereocenters. The number of hydrogen-bond acceptors (Lipinski definition) is 2. The first kappa shape index (κ1) is 42.7. The summed E-state index contributed by atoms with van der Waals surface area (Å²) >= 11 is 0. The van der Waals surface area contributed by atoms with Crippen molar-refractivity contribution in [3.05, 3.63) is 150 Å². The van der Waals surface area contributed by atoms with E-state index in [1.54, 1.807) is 18.7 Å². The number of allylic oxidation sites excluding steroid dienone is 2. The van der Waals surface area contributed by atoms with Gasteiger partial charge >= 0.3 is 0 Å². The first-order valence-electron chi connectivity index (χ1n) is 14.9. The van der Waals surface area contributed by atoms with Crippen LogP contribution in [0.4, 0.5) is 0 Å². The Morgan fingerprint density at radius 1 is 0.711 bits per heavy atom. The van der Waals surface area contributed by atoms with Gasteiger partial charge in [-0.1, -0.05) is 134 Å². The molecule has 45 heavy (non-hydrogen) atoms. The molecule has 0 saturated carbocycles. The van der Waals surface area contributed by atoms with Crippen molar-refractivity contribution in [2.75, 3.05) is 0 Å². The second kappa shape index (κ2) is 26.0. The van der Waals surface area contributed by atoms with Gasteiger partial charge in [-0.3, -0.25) is 9.97 Å². The lowest BCUT2D eigenvalue weighted by Crippen LogP contribution is -1.82. The van der Waals surface area contributed by atoms with E-state index in [2.05, 4.69) is 116 Å². The van der Waals surface area contributed by atoms with Crippen LogP contribution in [-0.4, -0.2) is 9.97 Å². The third kappa shape index (κ3) is 16.8. The highest BCUT2D eigenvalue weighted by Crippen LogP contribution is 2.29. The monoisotopic (exact) mass is 602 g/mol. The fourth-order valence-electron chi connectivity index (χ4n) is 4.42. The van der Waals surface area contributed by atoms with E-state index < -0.39 is 0 Å². The van der Waals surface area contributed by atoms with Crippen LogP contribution in [0, 0.1) is 26.2 Å². The van der Waals surface area contributed by atoms with Crippen LogP contribution >= 0.6 is 0 Å². The molecule has 2 aromatic heterocycles. The van der Waals surface area contributed by atoms with Crippen LogP contribution < -0.4 is 0 Å². The van der Waals surface area contributed by atoms with Crippen molar-refractivity contribution in [2.24, 2.45) is 0 Å². The quantitative estimate of drug-likeness (QED) is 0.191. The minimum absolute atomic E-state index is 0. The SMILES string of the molecule is C.C.C.C#CC.CCCC1=CCc2ccccc21.CCCc1ccccc1.Cc1cccnc1.Cc1cnc2ccccc2c1. The summed E-state index contributed by atoms with van der Waals surface area (Å²) in [5.41, 5.74) is 9.47. The topological polar surface area (TPSA) is 25.8 Å².